The van der Waals surface area contributed by atoms with E-state index >= 15 is 0 Å². The van der Waals surface area contributed by atoms with Gasteiger partial charge in [0, 0.05) is 48.8 Å². The molecule has 0 bridgehead atoms. The quantitative estimate of drug-likeness (QED) is 0.244. The second kappa shape index (κ2) is 10.6. The third kappa shape index (κ3) is 5.68. The number of aryl methyl sites for hydroxylation is 1. The van der Waals surface area contributed by atoms with Crippen molar-refractivity contribution in [1.29, 1.82) is 5.26 Å². The molecule has 1 saturated heterocycles. The van der Waals surface area contributed by atoms with Gasteiger partial charge in [0.1, 0.15) is 11.8 Å². The van der Waals surface area contributed by atoms with E-state index in [0.717, 1.165) is 25.5 Å². The molecule has 39 heavy (non-hydrogen) atoms. The lowest BCUT2D eigenvalue weighted by Gasteiger charge is -2.29. The first-order valence-corrected chi connectivity index (χ1v) is 12.6. The fraction of sp³-hybridized carbons (Fsp3) is 0.407. The summed E-state index contributed by atoms with van der Waals surface area (Å²) in [6.07, 6.45) is 3.83. The van der Waals surface area contributed by atoms with Gasteiger partial charge in [-0.05, 0) is 56.4 Å². The van der Waals surface area contributed by atoms with Crippen LogP contribution in [0.25, 0.3) is 11.3 Å². The van der Waals surface area contributed by atoms with Gasteiger partial charge in [-0.15, -0.1) is 0 Å². The third-order valence-electron chi connectivity index (χ3n) is 6.93. The van der Waals surface area contributed by atoms with Crippen molar-refractivity contribution >= 4 is 17.9 Å². The molecule has 1 aliphatic carbocycles. The summed E-state index contributed by atoms with van der Waals surface area (Å²) in [7, 11) is 0.993. The Morgan fingerprint density at radius 3 is 2.72 bits per heavy atom. The minimum Gasteiger partial charge on any atom is -0.373 e. The Balaban J connectivity index is 1.55. The van der Waals surface area contributed by atoms with Crippen LogP contribution in [0.15, 0.2) is 41.8 Å². The van der Waals surface area contributed by atoms with Gasteiger partial charge in [-0.1, -0.05) is 0 Å². The molecule has 3 aromatic rings. The van der Waals surface area contributed by atoms with E-state index in [0.29, 0.717) is 47.2 Å². The maximum atomic E-state index is 13.8. The van der Waals surface area contributed by atoms with E-state index in [1.54, 1.807) is 19.1 Å². The lowest BCUT2D eigenvalue weighted by atomic mass is 9.89. The molecule has 1 aliphatic heterocycles. The molecule has 0 radical (unpaired) electrons. The molecule has 0 N–H and O–H groups in total. The fourth-order valence-corrected chi connectivity index (χ4v) is 4.70. The van der Waals surface area contributed by atoms with Crippen LogP contribution in [0.1, 0.15) is 66.3 Å². The molecule has 0 spiro atoms. The number of halogens is 3. The third-order valence-corrected chi connectivity index (χ3v) is 6.93. The number of hydrogen-bond donors (Lipinski definition) is 0. The predicted octanol–water partition coefficient (Wildman–Crippen LogP) is 5.17. The maximum absolute atomic E-state index is 13.8. The van der Waals surface area contributed by atoms with Gasteiger partial charge in [0.2, 0.25) is 12.2 Å². The van der Waals surface area contributed by atoms with Crippen molar-refractivity contribution in [3.8, 4) is 17.3 Å². The monoisotopic (exact) mass is 537 g/mol. The van der Waals surface area contributed by atoms with Gasteiger partial charge in [0.15, 0.2) is 0 Å². The largest absolute Gasteiger partial charge is 0.449 e. The van der Waals surface area contributed by atoms with Gasteiger partial charge in [0.25, 0.3) is 0 Å². The van der Waals surface area contributed by atoms with Crippen molar-refractivity contribution in [3.63, 3.8) is 0 Å². The summed E-state index contributed by atoms with van der Waals surface area (Å²) >= 11 is 0. The molecule has 9 nitrogen and oxygen atoms in total. The van der Waals surface area contributed by atoms with Crippen LogP contribution < -0.4 is 0 Å². The Bertz CT molecular complexity index is 1440. The second-order valence-electron chi connectivity index (χ2n) is 9.82. The van der Waals surface area contributed by atoms with Crippen molar-refractivity contribution in [1.82, 2.24) is 24.6 Å². The highest BCUT2D eigenvalue weighted by molar-refractivity contribution is 5.97. The van der Waals surface area contributed by atoms with Crippen molar-refractivity contribution in [2.24, 2.45) is 4.99 Å². The van der Waals surface area contributed by atoms with Crippen LogP contribution in [-0.2, 0) is 9.53 Å². The van der Waals surface area contributed by atoms with Gasteiger partial charge in [-0.2, -0.15) is 23.5 Å². The molecule has 2 fully saturated rings. The predicted molar refractivity (Wildman–Crippen MR) is 135 cm³/mol. The molecule has 3 aromatic heterocycles. The topological polar surface area (TPSA) is 109 Å². The minimum absolute atomic E-state index is 0.0189. The van der Waals surface area contributed by atoms with E-state index in [-0.39, 0.29) is 35.5 Å². The molecule has 5 rings (SSSR count). The van der Waals surface area contributed by atoms with Crippen LogP contribution >= 0.6 is 0 Å². The molecule has 2 atom stereocenters. The highest BCUT2D eigenvalue weighted by Crippen LogP contribution is 2.42. The molecule has 1 amide bonds. The van der Waals surface area contributed by atoms with Crippen LogP contribution in [0.2, 0.25) is 0 Å². The zero-order valence-electron chi connectivity index (χ0n) is 21.4. The van der Waals surface area contributed by atoms with Gasteiger partial charge >= 0.3 is 6.18 Å². The van der Waals surface area contributed by atoms with Crippen LogP contribution in [-0.4, -0.2) is 56.7 Å². The van der Waals surface area contributed by atoms with E-state index in [9.17, 15) is 18.0 Å². The second-order valence-corrected chi connectivity index (χ2v) is 9.82. The zero-order chi connectivity index (χ0) is 27.7. The Labute approximate surface area is 223 Å². The lowest BCUT2D eigenvalue weighted by molar-refractivity contribution is -0.117. The van der Waals surface area contributed by atoms with Crippen LogP contribution in [0.4, 0.5) is 18.9 Å². The molecule has 12 heteroatoms. The van der Waals surface area contributed by atoms with Gasteiger partial charge in [-0.25, -0.2) is 9.98 Å². The molecule has 2 aliphatic rings. The maximum Gasteiger partial charge on any atom is 0.449 e. The summed E-state index contributed by atoms with van der Waals surface area (Å²) in [5, 5.41) is 13.6. The van der Waals surface area contributed by atoms with Crippen molar-refractivity contribution in [3.05, 3.63) is 59.3 Å². The average Bonchev–Trinajstić information content (AvgIpc) is 3.67. The van der Waals surface area contributed by atoms with E-state index in [1.807, 2.05) is 23.1 Å². The highest BCUT2D eigenvalue weighted by atomic mass is 19.4. The normalized spacial score (nSPS) is 19.9. The molecule has 2 unspecified atom stereocenters. The number of nitriles is 1. The van der Waals surface area contributed by atoms with Crippen LogP contribution in [0.5, 0.6) is 0 Å². The van der Waals surface area contributed by atoms with Crippen molar-refractivity contribution < 1.29 is 22.7 Å². The number of nitrogens with zero attached hydrogens (tertiary/aromatic N) is 7. The number of carbonyl (C=O) groups excluding carboxylic acids is 1. The molecule has 0 aromatic carbocycles. The van der Waals surface area contributed by atoms with Crippen LogP contribution in [0.3, 0.4) is 0 Å². The standard InChI is InChI=1S/C27H26F3N7O2/c1-16-9-22(17-7-8-39-23(10-17)19-13-33-37(14-19)21-5-6-21)34-25(18-3-4-20(11-31)32-12-18)24(16)35-26(27(28,29)30)36(2)15-38/h3-4,9,12-15,17,21,23H,5-8,10H2,1-2H3. The molecular weight excluding hydrogens is 511 g/mol. The van der Waals surface area contributed by atoms with Crippen molar-refractivity contribution in [2.45, 2.75) is 56.8 Å². The fourth-order valence-electron chi connectivity index (χ4n) is 4.70. The lowest BCUT2D eigenvalue weighted by Crippen LogP contribution is -2.37. The van der Waals surface area contributed by atoms with E-state index < -0.39 is 12.0 Å². The number of aromatic nitrogens is 4. The number of pyridine rings is 2. The summed E-state index contributed by atoms with van der Waals surface area (Å²) in [5.41, 5.74) is 2.88. The Hall–Kier alpha value is -4.11. The number of hydrogen-bond acceptors (Lipinski definition) is 7. The molecule has 4 heterocycles. The molecular formula is C27H26F3N7O2. The summed E-state index contributed by atoms with van der Waals surface area (Å²) in [4.78, 5) is 24.4. The summed E-state index contributed by atoms with van der Waals surface area (Å²) < 4.78 is 49.5. The van der Waals surface area contributed by atoms with Crippen molar-refractivity contribution in [2.75, 3.05) is 13.7 Å². The summed E-state index contributed by atoms with van der Waals surface area (Å²) in [5.74, 6) is -1.38. The Morgan fingerprint density at radius 1 is 1.28 bits per heavy atom. The number of rotatable bonds is 6. The van der Waals surface area contributed by atoms with Crippen LogP contribution in [0, 0.1) is 18.3 Å². The Kier molecular flexibility index (Phi) is 7.18. The van der Waals surface area contributed by atoms with Gasteiger partial charge in [-0.3, -0.25) is 19.4 Å². The number of amides is 1. The zero-order valence-corrected chi connectivity index (χ0v) is 21.4. The number of aliphatic imine (C=N–C) groups is 1. The smallest absolute Gasteiger partial charge is 0.373 e. The van der Waals surface area contributed by atoms with E-state index in [1.165, 1.54) is 12.3 Å². The number of ether oxygens (including phenoxy) is 1. The minimum atomic E-state index is -4.88. The number of alkyl halides is 3. The Morgan fingerprint density at radius 2 is 2.08 bits per heavy atom. The number of amidine groups is 1. The average molecular weight is 538 g/mol. The van der Waals surface area contributed by atoms with Gasteiger partial charge < -0.3 is 4.74 Å². The molecule has 1 saturated carbocycles. The highest BCUT2D eigenvalue weighted by Gasteiger charge is 2.39. The number of carbonyl (C=O) groups is 1. The summed E-state index contributed by atoms with van der Waals surface area (Å²) in [6, 6.07) is 7.17. The first-order valence-electron chi connectivity index (χ1n) is 12.6. The SMILES string of the molecule is Cc1cc(C2CCOC(c3cnn(C4CC4)c3)C2)nc(-c2ccc(C#N)nc2)c1N=C(N(C)C=O)C(F)(F)F. The van der Waals surface area contributed by atoms with Gasteiger partial charge in [0.05, 0.1) is 29.7 Å². The van der Waals surface area contributed by atoms with E-state index in [2.05, 4.69) is 15.1 Å². The summed E-state index contributed by atoms with van der Waals surface area (Å²) in [6.45, 7) is 2.16. The first kappa shape index (κ1) is 26.5. The van der Waals surface area contributed by atoms with E-state index in [4.69, 9.17) is 15.0 Å². The molecule has 202 valence electrons. The first-order chi connectivity index (χ1) is 18.7.